The predicted molar refractivity (Wildman–Crippen MR) is 70.9 cm³/mol. The Morgan fingerprint density at radius 3 is 3.16 bits per heavy atom. The van der Waals surface area contributed by atoms with Gasteiger partial charge in [0.1, 0.15) is 0 Å². The number of nitrogens with zero attached hydrogens (tertiary/aromatic N) is 1. The van der Waals surface area contributed by atoms with Crippen molar-refractivity contribution in [2.75, 3.05) is 26.4 Å². The monoisotopic (exact) mass is 263 g/mol. The molecular weight excluding hydrogens is 246 g/mol. The molecule has 6 nitrogen and oxygen atoms in total. The van der Waals surface area contributed by atoms with E-state index in [-0.39, 0.29) is 12.5 Å². The molecule has 0 atom stereocenters. The average molecular weight is 263 g/mol. The van der Waals surface area contributed by atoms with Crippen molar-refractivity contribution in [2.24, 2.45) is 0 Å². The van der Waals surface area contributed by atoms with Crippen LogP contribution in [0, 0.1) is 0 Å². The fraction of sp³-hybridized carbons (Fsp3) is 0.385. The Balaban J connectivity index is 1.79. The molecule has 1 amide bonds. The van der Waals surface area contributed by atoms with Gasteiger partial charge in [0.15, 0.2) is 0 Å². The summed E-state index contributed by atoms with van der Waals surface area (Å²) in [5, 5.41) is 11.3. The molecule has 3 N–H and O–H groups in total. The Kier molecular flexibility index (Phi) is 4.88. The van der Waals surface area contributed by atoms with Gasteiger partial charge in [-0.25, -0.2) is 4.98 Å². The lowest BCUT2D eigenvalue weighted by atomic mass is 10.2. The van der Waals surface area contributed by atoms with E-state index in [1.165, 1.54) is 0 Å². The molecule has 0 aliphatic heterocycles. The molecule has 0 saturated carbocycles. The van der Waals surface area contributed by atoms with E-state index < -0.39 is 0 Å². The number of fused-ring (bicyclic) bond motifs is 1. The molecule has 0 spiro atoms. The minimum Gasteiger partial charge on any atom is -0.396 e. The van der Waals surface area contributed by atoms with Gasteiger partial charge in [-0.1, -0.05) is 0 Å². The van der Waals surface area contributed by atoms with Crippen LogP contribution < -0.4 is 5.32 Å². The lowest BCUT2D eigenvalue weighted by molar-refractivity contribution is 0.0898. The topological polar surface area (TPSA) is 87.2 Å². The second-order valence-electron chi connectivity index (χ2n) is 4.08. The zero-order chi connectivity index (χ0) is 13.5. The van der Waals surface area contributed by atoms with Crippen LogP contribution in [0.25, 0.3) is 11.0 Å². The maximum absolute atomic E-state index is 11.9. The fourth-order valence-electron chi connectivity index (χ4n) is 1.68. The van der Waals surface area contributed by atoms with Crippen molar-refractivity contribution in [1.82, 2.24) is 15.3 Å². The first-order valence-electron chi connectivity index (χ1n) is 6.21. The first-order valence-corrected chi connectivity index (χ1v) is 6.21. The van der Waals surface area contributed by atoms with Gasteiger partial charge in [0, 0.05) is 25.3 Å². The number of aromatic nitrogens is 2. The fourth-order valence-corrected chi connectivity index (χ4v) is 1.68. The highest BCUT2D eigenvalue weighted by Crippen LogP contribution is 2.11. The molecule has 6 heteroatoms. The number of aliphatic hydroxyl groups is 1. The Hall–Kier alpha value is -1.92. The van der Waals surface area contributed by atoms with Crippen LogP contribution in [0.1, 0.15) is 16.8 Å². The normalized spacial score (nSPS) is 10.8. The molecule has 19 heavy (non-hydrogen) atoms. The number of aliphatic hydroxyl groups excluding tert-OH is 1. The van der Waals surface area contributed by atoms with E-state index >= 15 is 0 Å². The summed E-state index contributed by atoms with van der Waals surface area (Å²) in [6.07, 6.45) is 2.21. The number of imidazole rings is 1. The number of carbonyl (C=O) groups is 1. The summed E-state index contributed by atoms with van der Waals surface area (Å²) in [5.41, 5.74) is 2.27. The van der Waals surface area contributed by atoms with Gasteiger partial charge in [-0.15, -0.1) is 0 Å². The molecule has 1 aromatic carbocycles. The summed E-state index contributed by atoms with van der Waals surface area (Å²) in [7, 11) is 0. The summed E-state index contributed by atoms with van der Waals surface area (Å²) >= 11 is 0. The van der Waals surface area contributed by atoms with Gasteiger partial charge >= 0.3 is 0 Å². The van der Waals surface area contributed by atoms with Crippen LogP contribution in [0.5, 0.6) is 0 Å². The lowest BCUT2D eigenvalue weighted by Gasteiger charge is -2.06. The Bertz CT molecular complexity index is 539. The summed E-state index contributed by atoms with van der Waals surface area (Å²) in [5.74, 6) is -0.137. The number of carbonyl (C=O) groups excluding carboxylic acids is 1. The Morgan fingerprint density at radius 1 is 1.42 bits per heavy atom. The van der Waals surface area contributed by atoms with E-state index in [0.717, 1.165) is 11.0 Å². The molecule has 102 valence electrons. The van der Waals surface area contributed by atoms with E-state index in [2.05, 4.69) is 15.3 Å². The molecule has 0 radical (unpaired) electrons. The van der Waals surface area contributed by atoms with Crippen LogP contribution in [0.2, 0.25) is 0 Å². The number of hydrogen-bond acceptors (Lipinski definition) is 4. The third-order valence-electron chi connectivity index (χ3n) is 2.66. The van der Waals surface area contributed by atoms with Crippen molar-refractivity contribution in [2.45, 2.75) is 6.42 Å². The minimum atomic E-state index is -0.137. The molecule has 0 aliphatic carbocycles. The van der Waals surface area contributed by atoms with Crippen LogP contribution in [-0.2, 0) is 4.74 Å². The first kappa shape index (κ1) is 13.5. The second-order valence-corrected chi connectivity index (χ2v) is 4.08. The molecule has 1 aromatic heterocycles. The van der Waals surface area contributed by atoms with Crippen LogP contribution in [0.3, 0.4) is 0 Å². The molecule has 0 aliphatic rings. The van der Waals surface area contributed by atoms with Crippen molar-refractivity contribution in [1.29, 1.82) is 0 Å². The predicted octanol–water partition coefficient (Wildman–Crippen LogP) is 0.692. The molecule has 2 rings (SSSR count). The van der Waals surface area contributed by atoms with E-state index in [1.54, 1.807) is 24.5 Å². The number of nitrogens with one attached hydrogen (secondary N) is 2. The van der Waals surface area contributed by atoms with Gasteiger partial charge in [0.25, 0.3) is 5.91 Å². The smallest absolute Gasteiger partial charge is 0.251 e. The lowest BCUT2D eigenvalue weighted by Crippen LogP contribution is -2.27. The van der Waals surface area contributed by atoms with E-state index in [4.69, 9.17) is 9.84 Å². The van der Waals surface area contributed by atoms with Gasteiger partial charge in [0.2, 0.25) is 0 Å². The van der Waals surface area contributed by atoms with Crippen LogP contribution in [0.15, 0.2) is 24.5 Å². The highest BCUT2D eigenvalue weighted by molar-refractivity contribution is 5.97. The molecular formula is C13H17N3O3. The van der Waals surface area contributed by atoms with Crippen LogP contribution >= 0.6 is 0 Å². The Morgan fingerprint density at radius 2 is 2.32 bits per heavy atom. The minimum absolute atomic E-state index is 0.122. The largest absolute Gasteiger partial charge is 0.396 e. The number of rotatable bonds is 7. The second kappa shape index (κ2) is 6.86. The van der Waals surface area contributed by atoms with Crippen molar-refractivity contribution >= 4 is 16.9 Å². The summed E-state index contributed by atoms with van der Waals surface area (Å²) in [6.45, 7) is 1.52. The molecule has 0 bridgehead atoms. The molecule has 2 aromatic rings. The molecule has 0 saturated heterocycles. The van der Waals surface area contributed by atoms with Gasteiger partial charge in [-0.2, -0.15) is 0 Å². The zero-order valence-electron chi connectivity index (χ0n) is 10.6. The van der Waals surface area contributed by atoms with Crippen molar-refractivity contribution in [3.05, 3.63) is 30.1 Å². The van der Waals surface area contributed by atoms with Crippen LogP contribution in [-0.4, -0.2) is 47.3 Å². The summed E-state index contributed by atoms with van der Waals surface area (Å²) < 4.78 is 5.23. The maximum atomic E-state index is 11.9. The van der Waals surface area contributed by atoms with Crippen LogP contribution in [0.4, 0.5) is 0 Å². The van der Waals surface area contributed by atoms with Gasteiger partial charge in [-0.3, -0.25) is 4.79 Å². The standard InChI is InChI=1S/C13H17N3O3/c17-5-1-6-19-7-4-14-13(18)10-2-3-11-12(8-10)16-9-15-11/h2-3,8-9,17H,1,4-7H2,(H,14,18)(H,15,16). The number of H-pyrrole nitrogens is 1. The average Bonchev–Trinajstić information content (AvgIpc) is 2.89. The number of hydrogen-bond donors (Lipinski definition) is 3. The maximum Gasteiger partial charge on any atom is 0.251 e. The number of amides is 1. The Labute approximate surface area is 110 Å². The van der Waals surface area contributed by atoms with E-state index in [9.17, 15) is 4.79 Å². The molecule has 0 unspecified atom stereocenters. The van der Waals surface area contributed by atoms with E-state index in [0.29, 0.717) is 31.7 Å². The SMILES string of the molecule is O=C(NCCOCCCO)c1ccc2nc[nH]c2c1. The highest BCUT2D eigenvalue weighted by atomic mass is 16.5. The number of benzene rings is 1. The zero-order valence-corrected chi connectivity index (χ0v) is 10.6. The third-order valence-corrected chi connectivity index (χ3v) is 2.66. The highest BCUT2D eigenvalue weighted by Gasteiger charge is 2.06. The third kappa shape index (κ3) is 3.77. The van der Waals surface area contributed by atoms with Gasteiger partial charge in [0.05, 0.1) is 24.0 Å². The quantitative estimate of drug-likeness (QED) is 0.641. The number of ether oxygens (including phenoxy) is 1. The summed E-state index contributed by atoms with van der Waals surface area (Å²) in [4.78, 5) is 18.9. The van der Waals surface area contributed by atoms with Gasteiger partial charge < -0.3 is 20.1 Å². The first-order chi connectivity index (χ1) is 9.31. The molecule has 0 fully saturated rings. The van der Waals surface area contributed by atoms with Crippen molar-refractivity contribution < 1.29 is 14.6 Å². The van der Waals surface area contributed by atoms with Crippen molar-refractivity contribution in [3.63, 3.8) is 0 Å². The number of aromatic amines is 1. The van der Waals surface area contributed by atoms with Crippen molar-refractivity contribution in [3.8, 4) is 0 Å². The summed E-state index contributed by atoms with van der Waals surface area (Å²) in [6, 6.07) is 5.31. The van der Waals surface area contributed by atoms with E-state index in [1.807, 2.05) is 0 Å². The molecule has 1 heterocycles. The van der Waals surface area contributed by atoms with Gasteiger partial charge in [-0.05, 0) is 24.6 Å².